The number of benzene rings is 1. The van der Waals surface area contributed by atoms with Crippen LogP contribution < -0.4 is 10.0 Å². The molecule has 1 rings (SSSR count). The van der Waals surface area contributed by atoms with Crippen LogP contribution in [0.3, 0.4) is 0 Å². The van der Waals surface area contributed by atoms with Crippen molar-refractivity contribution in [3.63, 3.8) is 0 Å². The van der Waals surface area contributed by atoms with Crippen LogP contribution in [-0.4, -0.2) is 42.1 Å². The fourth-order valence-corrected chi connectivity index (χ4v) is 19.1. The molecule has 0 fully saturated rings. The zero-order valence-electron chi connectivity index (χ0n) is 25.7. The van der Waals surface area contributed by atoms with Crippen LogP contribution in [0.1, 0.15) is 108 Å². The van der Waals surface area contributed by atoms with Crippen LogP contribution in [0.2, 0.25) is 19.1 Å². The van der Waals surface area contributed by atoms with E-state index >= 15 is 0 Å². The van der Waals surface area contributed by atoms with Gasteiger partial charge in [-0.2, -0.15) is 0 Å². The molecule has 0 bridgehead atoms. The fourth-order valence-electron chi connectivity index (χ4n) is 7.06. The monoisotopic (exact) mass is 604 g/mol. The Bertz CT molecular complexity index is 795. The second-order valence-electron chi connectivity index (χ2n) is 14.1. The van der Waals surface area contributed by atoms with Gasteiger partial charge in [0, 0.05) is 6.61 Å². The number of aromatic hydroxyl groups is 1. The van der Waals surface area contributed by atoms with Crippen LogP contribution in [0.25, 0.3) is 0 Å². The van der Waals surface area contributed by atoms with Crippen LogP contribution in [-0.2, 0) is 4.43 Å². The van der Waals surface area contributed by atoms with Gasteiger partial charge in [-0.15, -0.1) is 0 Å². The van der Waals surface area contributed by atoms with Crippen LogP contribution >= 0.6 is 20.8 Å². The molecular weight excluding hydrogens is 547 g/mol. The first-order valence-corrected chi connectivity index (χ1v) is 21.4. The van der Waals surface area contributed by atoms with Crippen molar-refractivity contribution in [3.8, 4) is 11.5 Å². The van der Waals surface area contributed by atoms with E-state index in [2.05, 4.69) is 97.8 Å². The molecule has 0 unspecified atom stereocenters. The van der Waals surface area contributed by atoms with Gasteiger partial charge in [0.2, 0.25) is 0 Å². The van der Waals surface area contributed by atoms with Crippen molar-refractivity contribution in [2.45, 2.75) is 142 Å². The van der Waals surface area contributed by atoms with Gasteiger partial charge in [-0.05, 0) is 20.0 Å². The summed E-state index contributed by atoms with van der Waals surface area (Å²) in [5, 5.41) is 8.65. The van der Waals surface area contributed by atoms with Crippen LogP contribution in [0, 0.1) is 0 Å². The first-order chi connectivity index (χ1) is 16.2. The molecule has 36 heavy (non-hydrogen) atoms. The van der Waals surface area contributed by atoms with Gasteiger partial charge < -0.3 is 4.43 Å². The Kier molecular flexibility index (Phi) is 11.7. The van der Waals surface area contributed by atoms with Crippen molar-refractivity contribution in [1.82, 2.24) is 0 Å². The number of hydrogen-bond acceptors (Lipinski definition) is 3. The van der Waals surface area contributed by atoms with Crippen molar-refractivity contribution in [2.75, 3.05) is 13.2 Å². The Morgan fingerprint density at radius 1 is 0.806 bits per heavy atom. The van der Waals surface area contributed by atoms with E-state index < -0.39 is 13.6 Å². The summed E-state index contributed by atoms with van der Waals surface area (Å²) in [5.74, 6) is 1.23. The second-order valence-corrected chi connectivity index (χ2v) is 29.2. The van der Waals surface area contributed by atoms with Crippen molar-refractivity contribution < 1.29 is 14.3 Å². The quantitative estimate of drug-likeness (QED) is 0.138. The summed E-state index contributed by atoms with van der Waals surface area (Å²) in [5.41, 5.74) is 0. The van der Waals surface area contributed by atoms with Gasteiger partial charge >= 0.3 is 203 Å². The van der Waals surface area contributed by atoms with Gasteiger partial charge in [-0.25, -0.2) is 0 Å². The Hall–Kier alpha value is -0.0931. The number of rotatable bonds is 13. The summed E-state index contributed by atoms with van der Waals surface area (Å²) in [6.45, 7) is 29.5. The van der Waals surface area contributed by atoms with Crippen molar-refractivity contribution in [2.24, 2.45) is 0 Å². The number of phenolic OH excluding ortho intramolecular Hbond substituents is 1. The molecule has 3 nitrogen and oxygen atoms in total. The minimum absolute atomic E-state index is 0.0619. The third-order valence-corrected chi connectivity index (χ3v) is 30.3. The average molecular weight is 606 g/mol. The van der Waals surface area contributed by atoms with Gasteiger partial charge in [0.1, 0.15) is 0 Å². The molecule has 0 aliphatic rings. The van der Waals surface area contributed by atoms with Crippen molar-refractivity contribution >= 4 is 34.4 Å². The predicted molar refractivity (Wildman–Crippen MR) is 170 cm³/mol. The summed E-state index contributed by atoms with van der Waals surface area (Å²) in [6.07, 6.45) is 7.38. The van der Waals surface area contributed by atoms with E-state index in [1.54, 1.807) is 6.07 Å². The van der Waals surface area contributed by atoms with Gasteiger partial charge in [0.05, 0.1) is 0 Å². The maximum absolute atomic E-state index is 10.6. The van der Waals surface area contributed by atoms with E-state index in [1.807, 2.05) is 12.1 Å². The Labute approximate surface area is 233 Å². The second kappa shape index (κ2) is 12.4. The Morgan fingerprint density at radius 2 is 1.28 bits per heavy atom. The molecule has 0 aliphatic heterocycles. The molecule has 0 heterocycles. The van der Waals surface area contributed by atoms with Crippen molar-refractivity contribution in [3.05, 3.63) is 18.2 Å². The number of unbranched alkanes of at least 4 members (excludes halogenated alkanes) is 5. The molecule has 6 heteroatoms. The minimum atomic E-state index is -2.97. The van der Waals surface area contributed by atoms with E-state index in [-0.39, 0.29) is 15.5 Å². The summed E-state index contributed by atoms with van der Waals surface area (Å²) in [7, 11) is -1.43. The van der Waals surface area contributed by atoms with E-state index in [0.29, 0.717) is 12.4 Å². The zero-order valence-corrected chi connectivity index (χ0v) is 29.2. The van der Waals surface area contributed by atoms with Crippen LogP contribution in [0.5, 0.6) is 11.5 Å². The number of hydrogen-bond donors (Lipinski definition) is 1. The molecule has 0 saturated heterocycles. The normalized spacial score (nSPS) is 15.0. The molecule has 1 aromatic carbocycles. The molecule has 0 spiro atoms. The van der Waals surface area contributed by atoms with Gasteiger partial charge in [-0.1, -0.05) is 0 Å². The van der Waals surface area contributed by atoms with Gasteiger partial charge in [0.25, 0.3) is 0 Å². The average Bonchev–Trinajstić information content (AvgIpc) is 2.70. The standard InChI is InChI=1S/C30H58BrO3PSi/c1-13-34-36(11,12)23-19-17-15-14-16-18-22-33-26-21-20-25(32)24-27(26)35(31,28(2,3)4,29(5,6)7)30(8,9)10/h20-21,24,32H,13-19,22-23H2,1-12H3. The number of halogens is 1. The summed E-state index contributed by atoms with van der Waals surface area (Å²) in [6, 6.07) is 7.01. The Balaban J connectivity index is 2.97. The van der Waals surface area contributed by atoms with Crippen LogP contribution in [0.15, 0.2) is 18.2 Å². The SMILES string of the molecule is CCO[Si](C)(C)CCCCCCCCOc1ccc(O)cc1P(Br)(C(C)(C)C)(C(C)(C)C)C(C)(C)C. The molecule has 1 aromatic rings. The van der Waals surface area contributed by atoms with Crippen LogP contribution in [0.4, 0.5) is 0 Å². The molecule has 1 N–H and O–H groups in total. The third-order valence-electron chi connectivity index (χ3n) is 8.14. The summed E-state index contributed by atoms with van der Waals surface area (Å²) >= 11 is 4.56. The summed E-state index contributed by atoms with van der Waals surface area (Å²) in [4.78, 5) is 0. The first-order valence-electron chi connectivity index (χ1n) is 14.1. The number of ether oxygens (including phenoxy) is 1. The molecule has 0 aliphatic carbocycles. The van der Waals surface area contributed by atoms with E-state index in [9.17, 15) is 5.11 Å². The van der Waals surface area contributed by atoms with E-state index in [4.69, 9.17) is 9.16 Å². The molecular formula is C30H58BrO3PSi. The summed E-state index contributed by atoms with van der Waals surface area (Å²) < 4.78 is 12.5. The zero-order chi connectivity index (χ0) is 28.1. The predicted octanol–water partition coefficient (Wildman–Crippen LogP) is 10.2. The van der Waals surface area contributed by atoms with Crippen molar-refractivity contribution in [1.29, 1.82) is 0 Å². The molecule has 212 valence electrons. The fraction of sp³-hybridized carbons (Fsp3) is 0.800. The third kappa shape index (κ3) is 6.72. The molecule has 0 radical (unpaired) electrons. The topological polar surface area (TPSA) is 38.7 Å². The number of phenols is 1. The van der Waals surface area contributed by atoms with Gasteiger partial charge in [-0.3, -0.25) is 0 Å². The first kappa shape index (κ1) is 33.9. The van der Waals surface area contributed by atoms with Gasteiger partial charge in [0.15, 0.2) is 0 Å². The molecule has 0 saturated carbocycles. The maximum atomic E-state index is 10.6. The molecule has 0 aromatic heterocycles. The molecule has 0 amide bonds. The molecule has 0 atom stereocenters. The Morgan fingerprint density at radius 3 is 1.75 bits per heavy atom. The van der Waals surface area contributed by atoms with E-state index in [0.717, 1.165) is 24.1 Å². The van der Waals surface area contributed by atoms with E-state index in [1.165, 1.54) is 38.1 Å².